The van der Waals surface area contributed by atoms with Crippen LogP contribution in [-0.4, -0.2) is 47.8 Å². The number of carbonyl (C=O) groups is 2. The van der Waals surface area contributed by atoms with Crippen LogP contribution in [0, 0.1) is 0 Å². The summed E-state index contributed by atoms with van der Waals surface area (Å²) in [5.74, 6) is 0.0136. The van der Waals surface area contributed by atoms with Crippen LogP contribution in [-0.2, 0) is 6.54 Å². The lowest BCUT2D eigenvalue weighted by Gasteiger charge is -2.34. The summed E-state index contributed by atoms with van der Waals surface area (Å²) in [5.41, 5.74) is 2.56. The van der Waals surface area contributed by atoms with E-state index in [-0.39, 0.29) is 11.8 Å². The molecule has 0 radical (unpaired) electrons. The third-order valence-corrected chi connectivity index (χ3v) is 4.77. The molecule has 2 aromatic rings. The van der Waals surface area contributed by atoms with Gasteiger partial charge in [0.05, 0.1) is 0 Å². The molecule has 26 heavy (non-hydrogen) atoms. The molecule has 1 aliphatic heterocycles. The fourth-order valence-electron chi connectivity index (χ4n) is 2.95. The third kappa shape index (κ3) is 4.84. The molecule has 2 aromatic carbocycles. The molecule has 1 heterocycles. The highest BCUT2D eigenvalue weighted by atomic mass is 35.5. The number of anilines is 1. The maximum absolute atomic E-state index is 12.4. The predicted octanol–water partition coefficient (Wildman–Crippen LogP) is 3.89. The van der Waals surface area contributed by atoms with Gasteiger partial charge in [0.25, 0.3) is 0 Å². The van der Waals surface area contributed by atoms with Gasteiger partial charge in [0.1, 0.15) is 0 Å². The van der Waals surface area contributed by atoms with Gasteiger partial charge in [-0.1, -0.05) is 23.7 Å². The van der Waals surface area contributed by atoms with Crippen LogP contribution in [0.15, 0.2) is 48.5 Å². The Bertz CT molecular complexity index is 767. The van der Waals surface area contributed by atoms with Gasteiger partial charge >= 0.3 is 6.03 Å². The summed E-state index contributed by atoms with van der Waals surface area (Å²) >= 11 is 5.92. The molecule has 5 nitrogen and oxygen atoms in total. The maximum atomic E-state index is 12.4. The van der Waals surface area contributed by atoms with E-state index in [0.717, 1.165) is 24.7 Å². The Morgan fingerprint density at radius 3 is 2.15 bits per heavy atom. The van der Waals surface area contributed by atoms with Gasteiger partial charge < -0.3 is 10.2 Å². The van der Waals surface area contributed by atoms with Crippen molar-refractivity contribution in [1.29, 1.82) is 0 Å². The number of hydrogen-bond donors (Lipinski definition) is 1. The van der Waals surface area contributed by atoms with Crippen LogP contribution in [0.5, 0.6) is 0 Å². The van der Waals surface area contributed by atoms with Gasteiger partial charge in [0.15, 0.2) is 5.78 Å². The molecule has 136 valence electrons. The van der Waals surface area contributed by atoms with Crippen molar-refractivity contribution in [2.75, 3.05) is 31.5 Å². The molecule has 2 amide bonds. The molecule has 0 aromatic heterocycles. The Balaban J connectivity index is 1.48. The van der Waals surface area contributed by atoms with Gasteiger partial charge in [-0.25, -0.2) is 4.79 Å². The topological polar surface area (TPSA) is 52.7 Å². The Kier molecular flexibility index (Phi) is 5.91. The number of benzene rings is 2. The first-order chi connectivity index (χ1) is 12.5. The van der Waals surface area contributed by atoms with Crippen LogP contribution in [0.1, 0.15) is 22.8 Å². The van der Waals surface area contributed by atoms with Gasteiger partial charge in [-0.3, -0.25) is 9.69 Å². The van der Waals surface area contributed by atoms with E-state index in [4.69, 9.17) is 11.6 Å². The summed E-state index contributed by atoms with van der Waals surface area (Å²) in [6, 6.07) is 14.7. The summed E-state index contributed by atoms with van der Waals surface area (Å²) in [7, 11) is 0. The second-order valence-corrected chi connectivity index (χ2v) is 6.89. The number of nitrogens with one attached hydrogen (secondary N) is 1. The number of halogens is 1. The summed E-state index contributed by atoms with van der Waals surface area (Å²) in [5, 5.41) is 3.63. The van der Waals surface area contributed by atoms with Gasteiger partial charge in [0.2, 0.25) is 0 Å². The number of amides is 2. The van der Waals surface area contributed by atoms with E-state index in [9.17, 15) is 9.59 Å². The molecule has 1 saturated heterocycles. The molecule has 0 saturated carbocycles. The fourth-order valence-corrected chi connectivity index (χ4v) is 3.07. The fraction of sp³-hybridized carbons (Fsp3) is 0.300. The highest BCUT2D eigenvalue weighted by Gasteiger charge is 2.21. The van der Waals surface area contributed by atoms with E-state index in [1.807, 2.05) is 29.2 Å². The zero-order valence-corrected chi connectivity index (χ0v) is 15.5. The zero-order chi connectivity index (χ0) is 18.5. The van der Waals surface area contributed by atoms with Crippen molar-refractivity contribution in [2.24, 2.45) is 0 Å². The molecular formula is C20H22ClN3O2. The van der Waals surface area contributed by atoms with Gasteiger partial charge in [-0.2, -0.15) is 0 Å². The largest absolute Gasteiger partial charge is 0.322 e. The molecule has 0 atom stereocenters. The Labute approximate surface area is 158 Å². The molecule has 0 aliphatic carbocycles. The van der Waals surface area contributed by atoms with Crippen molar-refractivity contribution >= 4 is 29.1 Å². The minimum atomic E-state index is -0.105. The van der Waals surface area contributed by atoms with Crippen molar-refractivity contribution in [3.63, 3.8) is 0 Å². The van der Waals surface area contributed by atoms with Crippen molar-refractivity contribution in [2.45, 2.75) is 13.5 Å². The molecule has 0 bridgehead atoms. The van der Waals surface area contributed by atoms with E-state index in [1.54, 1.807) is 24.3 Å². The van der Waals surface area contributed by atoms with Crippen LogP contribution in [0.3, 0.4) is 0 Å². The van der Waals surface area contributed by atoms with Crippen LogP contribution >= 0.6 is 11.6 Å². The molecule has 1 aliphatic rings. The maximum Gasteiger partial charge on any atom is 0.321 e. The minimum absolute atomic E-state index is 0.0136. The summed E-state index contributed by atoms with van der Waals surface area (Å²) < 4.78 is 0. The van der Waals surface area contributed by atoms with E-state index >= 15 is 0 Å². The number of rotatable bonds is 4. The molecule has 1 fully saturated rings. The number of ketones is 1. The average Bonchev–Trinajstić information content (AvgIpc) is 2.64. The molecule has 1 N–H and O–H groups in total. The van der Waals surface area contributed by atoms with Crippen molar-refractivity contribution in [1.82, 2.24) is 9.80 Å². The van der Waals surface area contributed by atoms with Gasteiger partial charge in [-0.05, 0) is 48.9 Å². The lowest BCUT2D eigenvalue weighted by atomic mass is 10.1. The van der Waals surface area contributed by atoms with Crippen LogP contribution in [0.2, 0.25) is 5.02 Å². The van der Waals surface area contributed by atoms with Crippen LogP contribution < -0.4 is 5.32 Å². The van der Waals surface area contributed by atoms with Gasteiger partial charge in [0, 0.05) is 49.0 Å². The van der Waals surface area contributed by atoms with Crippen LogP contribution in [0.4, 0.5) is 10.5 Å². The molecule has 0 spiro atoms. The molecule has 3 rings (SSSR count). The highest BCUT2D eigenvalue weighted by Crippen LogP contribution is 2.14. The van der Waals surface area contributed by atoms with E-state index in [2.05, 4.69) is 10.2 Å². The monoisotopic (exact) mass is 371 g/mol. The number of Topliss-reactive ketones (excluding diaryl/α,β-unsaturated/α-hetero) is 1. The van der Waals surface area contributed by atoms with Crippen molar-refractivity contribution in [3.8, 4) is 0 Å². The van der Waals surface area contributed by atoms with Gasteiger partial charge in [-0.15, -0.1) is 0 Å². The lowest BCUT2D eigenvalue weighted by Crippen LogP contribution is -2.49. The van der Waals surface area contributed by atoms with Crippen LogP contribution in [0.25, 0.3) is 0 Å². The first-order valence-electron chi connectivity index (χ1n) is 8.65. The Morgan fingerprint density at radius 2 is 1.58 bits per heavy atom. The predicted molar refractivity (Wildman–Crippen MR) is 104 cm³/mol. The Morgan fingerprint density at radius 1 is 0.962 bits per heavy atom. The molecule has 6 heteroatoms. The zero-order valence-electron chi connectivity index (χ0n) is 14.7. The first kappa shape index (κ1) is 18.4. The van der Waals surface area contributed by atoms with E-state index < -0.39 is 0 Å². The number of piperazine rings is 1. The van der Waals surface area contributed by atoms with Crippen molar-refractivity contribution < 1.29 is 9.59 Å². The smallest absolute Gasteiger partial charge is 0.321 e. The SMILES string of the molecule is CC(=O)c1ccc(NC(=O)N2CCN(Cc3ccc(Cl)cc3)CC2)cc1. The molecule has 0 unspecified atom stereocenters. The third-order valence-electron chi connectivity index (χ3n) is 4.52. The van der Waals surface area contributed by atoms with Crippen molar-refractivity contribution in [3.05, 3.63) is 64.7 Å². The second kappa shape index (κ2) is 8.34. The number of hydrogen-bond acceptors (Lipinski definition) is 3. The number of urea groups is 1. The highest BCUT2D eigenvalue weighted by molar-refractivity contribution is 6.30. The first-order valence-corrected chi connectivity index (χ1v) is 9.03. The summed E-state index contributed by atoms with van der Waals surface area (Å²) in [6.07, 6.45) is 0. The minimum Gasteiger partial charge on any atom is -0.322 e. The standard InChI is InChI=1S/C20H22ClN3O2/c1-15(25)17-4-8-19(9-5-17)22-20(26)24-12-10-23(11-13-24)14-16-2-6-18(21)7-3-16/h2-9H,10-14H2,1H3,(H,22,26). The average molecular weight is 372 g/mol. The second-order valence-electron chi connectivity index (χ2n) is 6.45. The summed E-state index contributed by atoms with van der Waals surface area (Å²) in [6.45, 7) is 5.42. The summed E-state index contributed by atoms with van der Waals surface area (Å²) in [4.78, 5) is 27.8. The van der Waals surface area contributed by atoms with E-state index in [1.165, 1.54) is 12.5 Å². The lowest BCUT2D eigenvalue weighted by molar-refractivity contribution is 0.101. The van der Waals surface area contributed by atoms with E-state index in [0.29, 0.717) is 24.3 Å². The number of carbonyl (C=O) groups excluding carboxylic acids is 2. The molecular weight excluding hydrogens is 350 g/mol. The number of nitrogens with zero attached hydrogens (tertiary/aromatic N) is 2. The normalized spacial score (nSPS) is 14.9. The quantitative estimate of drug-likeness (QED) is 0.829. The Hall–Kier alpha value is -2.37.